The van der Waals surface area contributed by atoms with Crippen LogP contribution in [0.25, 0.3) is 0 Å². The topological polar surface area (TPSA) is 71.1 Å². The molecular formula is C14H16O6. The minimum absolute atomic E-state index is 0.00856. The van der Waals surface area contributed by atoms with Crippen LogP contribution in [0.3, 0.4) is 0 Å². The van der Waals surface area contributed by atoms with E-state index in [1.807, 2.05) is 12.2 Å². The van der Waals surface area contributed by atoms with E-state index >= 15 is 0 Å². The van der Waals surface area contributed by atoms with Gasteiger partial charge in [0.2, 0.25) is 0 Å². The molecule has 20 heavy (non-hydrogen) atoms. The highest BCUT2D eigenvalue weighted by molar-refractivity contribution is 5.84. The molecule has 0 aromatic rings. The summed E-state index contributed by atoms with van der Waals surface area (Å²) in [6.07, 6.45) is 3.40. The normalized spacial score (nSPS) is 50.3. The Hall–Kier alpha value is -1.40. The van der Waals surface area contributed by atoms with Gasteiger partial charge < -0.3 is 18.9 Å². The molecule has 0 saturated carbocycles. The molecule has 4 rings (SSSR count). The van der Waals surface area contributed by atoms with E-state index in [0.717, 1.165) is 0 Å². The van der Waals surface area contributed by atoms with Crippen LogP contribution < -0.4 is 0 Å². The lowest BCUT2D eigenvalue weighted by Crippen LogP contribution is -2.49. The lowest BCUT2D eigenvalue weighted by Gasteiger charge is -2.34. The van der Waals surface area contributed by atoms with Gasteiger partial charge in [-0.15, -0.1) is 0 Å². The quantitative estimate of drug-likeness (QED) is 0.520. The molecule has 4 aliphatic heterocycles. The zero-order chi connectivity index (χ0) is 14.0. The summed E-state index contributed by atoms with van der Waals surface area (Å²) in [6, 6.07) is 0. The van der Waals surface area contributed by atoms with E-state index in [2.05, 4.69) is 0 Å². The Balaban J connectivity index is 1.72. The number of methoxy groups -OCH3 is 2. The number of rotatable bonds is 2. The van der Waals surface area contributed by atoms with E-state index in [4.69, 9.17) is 18.9 Å². The molecule has 108 valence electrons. The third-order valence-corrected chi connectivity index (χ3v) is 5.12. The van der Waals surface area contributed by atoms with Crippen LogP contribution in [-0.4, -0.2) is 50.6 Å². The SMILES string of the molecule is COC(=O)C1C(C(=O)OC)[C@@H]2O[C@H]1[C@@H]1[C@H]2[C@@H]2C=C[C@H]1O2. The number of hydrogen-bond donors (Lipinski definition) is 0. The van der Waals surface area contributed by atoms with Gasteiger partial charge in [-0.25, -0.2) is 0 Å². The van der Waals surface area contributed by atoms with Gasteiger partial charge in [0, 0.05) is 11.8 Å². The van der Waals surface area contributed by atoms with Crippen molar-refractivity contribution in [1.82, 2.24) is 0 Å². The maximum absolute atomic E-state index is 12.1. The number of carbonyl (C=O) groups is 2. The summed E-state index contributed by atoms with van der Waals surface area (Å²) >= 11 is 0. The molecule has 0 radical (unpaired) electrons. The van der Waals surface area contributed by atoms with Gasteiger partial charge in [-0.2, -0.15) is 0 Å². The van der Waals surface area contributed by atoms with Crippen LogP contribution in [0.2, 0.25) is 0 Å². The number of ether oxygens (including phenoxy) is 4. The van der Waals surface area contributed by atoms with Crippen LogP contribution in [0, 0.1) is 23.7 Å². The average Bonchev–Trinajstić information content (AvgIpc) is 3.20. The summed E-state index contributed by atoms with van der Waals surface area (Å²) in [7, 11) is 2.66. The largest absolute Gasteiger partial charge is 0.469 e. The fraction of sp³-hybridized carbons (Fsp3) is 0.714. The fourth-order valence-electron chi connectivity index (χ4n) is 4.43. The molecule has 4 aliphatic rings. The Labute approximate surface area is 116 Å². The predicted molar refractivity (Wildman–Crippen MR) is 64.5 cm³/mol. The van der Waals surface area contributed by atoms with Crippen LogP contribution in [0.4, 0.5) is 0 Å². The first-order valence-electron chi connectivity index (χ1n) is 6.82. The first kappa shape index (κ1) is 12.3. The van der Waals surface area contributed by atoms with Gasteiger partial charge in [0.15, 0.2) is 0 Å². The maximum Gasteiger partial charge on any atom is 0.312 e. The van der Waals surface area contributed by atoms with Crippen molar-refractivity contribution >= 4 is 11.9 Å². The molecule has 4 heterocycles. The number of hydrogen-bond acceptors (Lipinski definition) is 6. The molecule has 3 saturated heterocycles. The standard InChI is InChI=1S/C14H16O6/c1-17-13(15)9-10(14(16)18-2)12-8-6-4-3-5(19-6)7(8)11(9)20-12/h3-12H,1-2H3/t5-,6+,7+,8-,9?,10?,11+,12-. The van der Waals surface area contributed by atoms with Crippen LogP contribution in [-0.2, 0) is 28.5 Å². The van der Waals surface area contributed by atoms with Gasteiger partial charge in [-0.05, 0) is 0 Å². The van der Waals surface area contributed by atoms with Crippen molar-refractivity contribution in [3.63, 3.8) is 0 Å². The van der Waals surface area contributed by atoms with Crippen molar-refractivity contribution in [2.75, 3.05) is 14.2 Å². The zero-order valence-corrected chi connectivity index (χ0v) is 11.2. The minimum atomic E-state index is -0.588. The van der Waals surface area contributed by atoms with Gasteiger partial charge in [0.1, 0.15) is 0 Å². The molecule has 4 bridgehead atoms. The predicted octanol–water partition coefficient (Wildman–Crippen LogP) is -0.0846. The second-order valence-electron chi connectivity index (χ2n) is 5.77. The summed E-state index contributed by atoms with van der Waals surface area (Å²) in [5.41, 5.74) is 0. The van der Waals surface area contributed by atoms with Gasteiger partial charge in [-0.1, -0.05) is 12.2 Å². The molecule has 0 spiro atoms. The Morgan fingerprint density at radius 3 is 1.70 bits per heavy atom. The van der Waals surface area contributed by atoms with Crippen LogP contribution >= 0.6 is 0 Å². The van der Waals surface area contributed by atoms with Gasteiger partial charge in [0.25, 0.3) is 0 Å². The third-order valence-electron chi connectivity index (χ3n) is 5.12. The molecule has 0 aromatic carbocycles. The number of esters is 2. The van der Waals surface area contributed by atoms with Crippen molar-refractivity contribution in [2.45, 2.75) is 24.4 Å². The van der Waals surface area contributed by atoms with Gasteiger partial charge in [-0.3, -0.25) is 9.59 Å². The van der Waals surface area contributed by atoms with E-state index in [1.165, 1.54) is 14.2 Å². The monoisotopic (exact) mass is 280 g/mol. The molecular weight excluding hydrogens is 264 g/mol. The fourth-order valence-corrected chi connectivity index (χ4v) is 4.43. The molecule has 6 nitrogen and oxygen atoms in total. The smallest absolute Gasteiger partial charge is 0.312 e. The maximum atomic E-state index is 12.1. The van der Waals surface area contributed by atoms with Crippen molar-refractivity contribution in [1.29, 1.82) is 0 Å². The van der Waals surface area contributed by atoms with E-state index < -0.39 is 23.8 Å². The van der Waals surface area contributed by atoms with Crippen molar-refractivity contribution in [3.05, 3.63) is 12.2 Å². The summed E-state index contributed by atoms with van der Waals surface area (Å²) in [4.78, 5) is 24.1. The first-order valence-corrected chi connectivity index (χ1v) is 6.82. The van der Waals surface area contributed by atoms with Crippen molar-refractivity contribution < 1.29 is 28.5 Å². The van der Waals surface area contributed by atoms with Crippen LogP contribution in [0.1, 0.15) is 0 Å². The summed E-state index contributed by atoms with van der Waals surface area (Å²) < 4.78 is 21.5. The average molecular weight is 280 g/mol. The van der Waals surface area contributed by atoms with Crippen molar-refractivity contribution in [2.24, 2.45) is 23.7 Å². The summed E-state index contributed by atoms with van der Waals surface area (Å²) in [6.45, 7) is 0. The zero-order valence-electron chi connectivity index (χ0n) is 11.2. The van der Waals surface area contributed by atoms with E-state index in [-0.39, 0.29) is 36.3 Å². The molecule has 3 fully saturated rings. The molecule has 0 aliphatic carbocycles. The highest BCUT2D eigenvalue weighted by Gasteiger charge is 2.70. The highest BCUT2D eigenvalue weighted by atomic mass is 16.6. The van der Waals surface area contributed by atoms with Gasteiger partial charge >= 0.3 is 11.9 Å². The Morgan fingerprint density at radius 1 is 0.850 bits per heavy atom. The van der Waals surface area contributed by atoms with Crippen LogP contribution in [0.5, 0.6) is 0 Å². The summed E-state index contributed by atoms with van der Waals surface area (Å²) in [5, 5.41) is 0. The minimum Gasteiger partial charge on any atom is -0.469 e. The third kappa shape index (κ3) is 1.31. The van der Waals surface area contributed by atoms with E-state index in [0.29, 0.717) is 0 Å². The van der Waals surface area contributed by atoms with Gasteiger partial charge in [0.05, 0.1) is 50.5 Å². The van der Waals surface area contributed by atoms with E-state index in [9.17, 15) is 9.59 Å². The summed E-state index contributed by atoms with van der Waals surface area (Å²) in [5.74, 6) is -1.71. The molecule has 6 heteroatoms. The van der Waals surface area contributed by atoms with Crippen LogP contribution in [0.15, 0.2) is 12.2 Å². The lowest BCUT2D eigenvalue weighted by atomic mass is 9.65. The Morgan fingerprint density at radius 2 is 1.30 bits per heavy atom. The number of carbonyl (C=O) groups excluding carboxylic acids is 2. The molecule has 8 atom stereocenters. The molecule has 0 N–H and O–H groups in total. The second kappa shape index (κ2) is 4.05. The lowest BCUT2D eigenvalue weighted by molar-refractivity contribution is -0.159. The van der Waals surface area contributed by atoms with Crippen molar-refractivity contribution in [3.8, 4) is 0 Å². The van der Waals surface area contributed by atoms with E-state index in [1.54, 1.807) is 0 Å². The molecule has 0 aromatic heterocycles. The Bertz CT molecular complexity index is 458. The Kier molecular flexibility index (Phi) is 2.50. The highest BCUT2D eigenvalue weighted by Crippen LogP contribution is 2.59. The second-order valence-corrected chi connectivity index (χ2v) is 5.77. The molecule has 2 unspecified atom stereocenters. The molecule has 0 amide bonds. The number of fused-ring (bicyclic) bond motifs is 9. The first-order chi connectivity index (χ1) is 9.67.